The molecule has 1 atom stereocenters. The highest BCUT2D eigenvalue weighted by Gasteiger charge is 1.97. The summed E-state index contributed by atoms with van der Waals surface area (Å²) >= 11 is 0. The van der Waals surface area contributed by atoms with Crippen LogP contribution in [0.25, 0.3) is 0 Å². The van der Waals surface area contributed by atoms with Crippen molar-refractivity contribution in [2.75, 3.05) is 6.54 Å². The Labute approximate surface area is 92.0 Å². The number of furan rings is 1. The van der Waals surface area contributed by atoms with Crippen LogP contribution in [0.15, 0.2) is 16.5 Å². The number of hydrogen-bond acceptors (Lipinski definition) is 3. The molecule has 1 aromatic rings. The zero-order valence-corrected chi connectivity index (χ0v) is 9.75. The molecule has 0 bridgehead atoms. The van der Waals surface area contributed by atoms with Crippen molar-refractivity contribution in [3.05, 3.63) is 23.7 Å². The second kappa shape index (κ2) is 6.64. The molecule has 1 rings (SSSR count). The first-order valence-electron chi connectivity index (χ1n) is 5.70. The summed E-state index contributed by atoms with van der Waals surface area (Å²) in [5.74, 6) is 1.99. The summed E-state index contributed by atoms with van der Waals surface area (Å²) in [5, 5.41) is 3.35. The minimum absolute atomic E-state index is 0.331. The molecule has 0 aliphatic rings. The SMILES string of the molecule is Cc1ccc(CNCCCCC(C)N)o1. The Balaban J connectivity index is 1.98. The lowest BCUT2D eigenvalue weighted by Crippen LogP contribution is -2.17. The minimum atomic E-state index is 0.331. The fraction of sp³-hybridized carbons (Fsp3) is 0.667. The number of nitrogens with two attached hydrogens (primary N) is 1. The van der Waals surface area contributed by atoms with Crippen molar-refractivity contribution in [1.82, 2.24) is 5.32 Å². The Bertz CT molecular complexity index is 268. The molecule has 0 saturated heterocycles. The molecule has 1 heterocycles. The largest absolute Gasteiger partial charge is 0.465 e. The quantitative estimate of drug-likeness (QED) is 0.678. The van der Waals surface area contributed by atoms with E-state index in [-0.39, 0.29) is 0 Å². The van der Waals surface area contributed by atoms with Gasteiger partial charge >= 0.3 is 0 Å². The van der Waals surface area contributed by atoms with Crippen LogP contribution in [0.4, 0.5) is 0 Å². The van der Waals surface area contributed by atoms with Crippen LogP contribution in [0.2, 0.25) is 0 Å². The van der Waals surface area contributed by atoms with Crippen LogP contribution in [0.1, 0.15) is 37.7 Å². The Kier molecular flexibility index (Phi) is 5.43. The van der Waals surface area contributed by atoms with Crippen molar-refractivity contribution < 1.29 is 4.42 Å². The number of unbranched alkanes of at least 4 members (excludes halogenated alkanes) is 1. The van der Waals surface area contributed by atoms with Gasteiger partial charge in [-0.15, -0.1) is 0 Å². The molecule has 0 amide bonds. The van der Waals surface area contributed by atoms with Crippen molar-refractivity contribution >= 4 is 0 Å². The highest BCUT2D eigenvalue weighted by atomic mass is 16.3. The topological polar surface area (TPSA) is 51.2 Å². The molecule has 0 saturated carbocycles. The van der Waals surface area contributed by atoms with Gasteiger partial charge in [-0.25, -0.2) is 0 Å². The molecule has 3 nitrogen and oxygen atoms in total. The van der Waals surface area contributed by atoms with E-state index in [0.29, 0.717) is 6.04 Å². The highest BCUT2D eigenvalue weighted by Crippen LogP contribution is 2.05. The third-order valence-corrected chi connectivity index (χ3v) is 2.36. The van der Waals surface area contributed by atoms with E-state index in [2.05, 4.69) is 12.2 Å². The van der Waals surface area contributed by atoms with Gasteiger partial charge in [-0.3, -0.25) is 0 Å². The Morgan fingerprint density at radius 2 is 2.20 bits per heavy atom. The van der Waals surface area contributed by atoms with Gasteiger partial charge < -0.3 is 15.5 Å². The van der Waals surface area contributed by atoms with Crippen LogP contribution in [0.3, 0.4) is 0 Å². The summed E-state index contributed by atoms with van der Waals surface area (Å²) in [6.45, 7) is 5.88. The maximum atomic E-state index is 5.67. The van der Waals surface area contributed by atoms with Gasteiger partial charge in [0.2, 0.25) is 0 Å². The molecule has 1 unspecified atom stereocenters. The molecule has 1 aromatic heterocycles. The van der Waals surface area contributed by atoms with E-state index in [9.17, 15) is 0 Å². The van der Waals surface area contributed by atoms with E-state index in [1.54, 1.807) is 0 Å². The van der Waals surface area contributed by atoms with Crippen molar-refractivity contribution in [2.45, 2.75) is 45.7 Å². The van der Waals surface area contributed by atoms with Crippen LogP contribution in [-0.2, 0) is 6.54 Å². The third-order valence-electron chi connectivity index (χ3n) is 2.36. The molecule has 0 aromatic carbocycles. The number of rotatable bonds is 7. The Morgan fingerprint density at radius 1 is 1.40 bits per heavy atom. The first-order chi connectivity index (χ1) is 7.18. The highest BCUT2D eigenvalue weighted by molar-refractivity contribution is 5.04. The van der Waals surface area contributed by atoms with Gasteiger partial charge in [0.05, 0.1) is 6.54 Å². The van der Waals surface area contributed by atoms with Gasteiger partial charge in [-0.1, -0.05) is 6.42 Å². The van der Waals surface area contributed by atoms with Crippen molar-refractivity contribution in [2.24, 2.45) is 5.73 Å². The van der Waals surface area contributed by atoms with Gasteiger partial charge in [0.15, 0.2) is 0 Å². The Hall–Kier alpha value is -0.800. The van der Waals surface area contributed by atoms with Gasteiger partial charge in [-0.2, -0.15) is 0 Å². The maximum Gasteiger partial charge on any atom is 0.117 e. The number of nitrogens with one attached hydrogen (secondary N) is 1. The lowest BCUT2D eigenvalue weighted by Gasteiger charge is -2.05. The second-order valence-corrected chi connectivity index (χ2v) is 4.16. The van der Waals surface area contributed by atoms with E-state index in [1.807, 2.05) is 19.1 Å². The van der Waals surface area contributed by atoms with E-state index < -0.39 is 0 Å². The molecule has 0 radical (unpaired) electrons. The van der Waals surface area contributed by atoms with Crippen LogP contribution in [0, 0.1) is 6.92 Å². The van der Waals surface area contributed by atoms with Gasteiger partial charge in [-0.05, 0) is 45.4 Å². The molecule has 0 fully saturated rings. The monoisotopic (exact) mass is 210 g/mol. The summed E-state index contributed by atoms with van der Waals surface area (Å²) < 4.78 is 5.45. The molecular formula is C12H22N2O. The third kappa shape index (κ3) is 5.60. The Morgan fingerprint density at radius 3 is 2.80 bits per heavy atom. The lowest BCUT2D eigenvalue weighted by atomic mass is 10.1. The van der Waals surface area contributed by atoms with E-state index >= 15 is 0 Å². The molecule has 86 valence electrons. The van der Waals surface area contributed by atoms with E-state index in [1.165, 1.54) is 12.8 Å². The number of aryl methyl sites for hydroxylation is 1. The maximum absolute atomic E-state index is 5.67. The van der Waals surface area contributed by atoms with E-state index in [0.717, 1.165) is 31.0 Å². The summed E-state index contributed by atoms with van der Waals surface area (Å²) in [4.78, 5) is 0. The molecular weight excluding hydrogens is 188 g/mol. The molecule has 3 heteroatoms. The summed E-state index contributed by atoms with van der Waals surface area (Å²) in [6, 6.07) is 4.34. The molecule has 0 aliphatic carbocycles. The van der Waals surface area contributed by atoms with E-state index in [4.69, 9.17) is 10.2 Å². The normalized spacial score (nSPS) is 13.0. The first-order valence-corrected chi connectivity index (χ1v) is 5.70. The standard InChI is InChI=1S/C12H22N2O/c1-10(13)5-3-4-8-14-9-12-7-6-11(2)15-12/h6-7,10,14H,3-5,8-9,13H2,1-2H3. The average Bonchev–Trinajstić information content (AvgIpc) is 2.57. The first kappa shape index (κ1) is 12.3. The van der Waals surface area contributed by atoms with Crippen molar-refractivity contribution in [3.63, 3.8) is 0 Å². The second-order valence-electron chi connectivity index (χ2n) is 4.16. The lowest BCUT2D eigenvalue weighted by molar-refractivity contribution is 0.457. The van der Waals surface area contributed by atoms with Gasteiger partial charge in [0.25, 0.3) is 0 Å². The molecule has 3 N–H and O–H groups in total. The predicted octanol–water partition coefficient (Wildman–Crippen LogP) is 2.20. The van der Waals surface area contributed by atoms with Crippen LogP contribution in [0.5, 0.6) is 0 Å². The summed E-state index contributed by atoms with van der Waals surface area (Å²) in [5.41, 5.74) is 5.67. The van der Waals surface area contributed by atoms with Crippen molar-refractivity contribution in [3.8, 4) is 0 Å². The predicted molar refractivity (Wildman–Crippen MR) is 62.7 cm³/mol. The summed E-state index contributed by atoms with van der Waals surface area (Å²) in [7, 11) is 0. The number of hydrogen-bond donors (Lipinski definition) is 2. The molecule has 0 spiro atoms. The molecule has 15 heavy (non-hydrogen) atoms. The average molecular weight is 210 g/mol. The molecule has 0 aliphatic heterocycles. The van der Waals surface area contributed by atoms with Crippen LogP contribution < -0.4 is 11.1 Å². The zero-order chi connectivity index (χ0) is 11.1. The van der Waals surface area contributed by atoms with Crippen molar-refractivity contribution in [1.29, 1.82) is 0 Å². The smallest absolute Gasteiger partial charge is 0.117 e. The fourth-order valence-corrected chi connectivity index (χ4v) is 1.51. The van der Waals surface area contributed by atoms with Gasteiger partial charge in [0.1, 0.15) is 11.5 Å². The minimum Gasteiger partial charge on any atom is -0.465 e. The van der Waals surface area contributed by atoms with Gasteiger partial charge in [0, 0.05) is 6.04 Å². The van der Waals surface area contributed by atoms with Crippen LogP contribution >= 0.6 is 0 Å². The fourth-order valence-electron chi connectivity index (χ4n) is 1.51. The zero-order valence-electron chi connectivity index (χ0n) is 9.75. The van der Waals surface area contributed by atoms with Crippen LogP contribution in [-0.4, -0.2) is 12.6 Å². The summed E-state index contributed by atoms with van der Waals surface area (Å²) in [6.07, 6.45) is 3.49.